The van der Waals surface area contributed by atoms with Crippen LogP contribution in [0.15, 0.2) is 30.6 Å². The van der Waals surface area contributed by atoms with Crippen LogP contribution in [-0.2, 0) is 29.7 Å². The zero-order chi connectivity index (χ0) is 21.3. The summed E-state index contributed by atoms with van der Waals surface area (Å²) in [7, 11) is 3.16. The lowest BCUT2D eigenvalue weighted by molar-refractivity contribution is -0.107. The molecule has 0 aliphatic carbocycles. The first kappa shape index (κ1) is 20.0. The van der Waals surface area contributed by atoms with Gasteiger partial charge in [0.2, 0.25) is 6.41 Å². The number of halogens is 1. The molecule has 0 bridgehead atoms. The van der Waals surface area contributed by atoms with Gasteiger partial charge in [-0.25, -0.2) is 4.39 Å². The predicted octanol–water partition coefficient (Wildman–Crippen LogP) is 0.630. The molecule has 0 spiro atoms. The lowest BCUT2D eigenvalue weighted by atomic mass is 10.2. The van der Waals surface area contributed by atoms with Crippen LogP contribution >= 0.6 is 0 Å². The largest absolute Gasteiger partial charge is 0.394 e. The van der Waals surface area contributed by atoms with Crippen molar-refractivity contribution in [3.05, 3.63) is 47.5 Å². The van der Waals surface area contributed by atoms with Crippen LogP contribution < -0.4 is 9.80 Å². The zero-order valence-corrected chi connectivity index (χ0v) is 16.6. The van der Waals surface area contributed by atoms with Crippen LogP contribution in [0.1, 0.15) is 11.1 Å². The number of hydrogen-bond donors (Lipinski definition) is 1. The molecule has 4 rings (SSSR count). The molecule has 30 heavy (non-hydrogen) atoms. The highest BCUT2D eigenvalue weighted by molar-refractivity contribution is 5.75. The minimum atomic E-state index is -0.544. The molecule has 0 saturated carbocycles. The maximum absolute atomic E-state index is 14.9. The standard InChI is InChI=1S/C19H22FN7O3/c1-24-22-19(21-23-24)26-8-13-6-25(7-14(13)9-26)18-4-3-15(5-17(18)20)27(12-29)10-16(11-28)30-2/h3-7,12,16,28H,8-11H2,1-2H3/t16-/m1/s1. The van der Waals surface area contributed by atoms with Crippen molar-refractivity contribution in [2.75, 3.05) is 30.1 Å². The molecule has 0 radical (unpaired) electrons. The van der Waals surface area contributed by atoms with Crippen molar-refractivity contribution in [1.29, 1.82) is 0 Å². The van der Waals surface area contributed by atoms with E-state index in [1.165, 1.54) is 22.9 Å². The summed E-state index contributed by atoms with van der Waals surface area (Å²) in [5.74, 6) is 0.0976. The van der Waals surface area contributed by atoms with Crippen LogP contribution in [0.5, 0.6) is 0 Å². The second-order valence-corrected chi connectivity index (χ2v) is 7.08. The Balaban J connectivity index is 1.52. The fourth-order valence-corrected chi connectivity index (χ4v) is 3.49. The number of methoxy groups -OCH3 is 1. The molecule has 11 heteroatoms. The molecule has 1 N–H and O–H groups in total. The van der Waals surface area contributed by atoms with E-state index in [9.17, 15) is 14.3 Å². The molecule has 3 aromatic rings. The summed E-state index contributed by atoms with van der Waals surface area (Å²) in [4.78, 5) is 16.1. The third kappa shape index (κ3) is 3.76. The fraction of sp³-hybridized carbons (Fsp3) is 0.368. The van der Waals surface area contributed by atoms with E-state index in [2.05, 4.69) is 15.4 Å². The summed E-state index contributed by atoms with van der Waals surface area (Å²) in [5, 5.41) is 21.3. The first-order valence-corrected chi connectivity index (χ1v) is 9.36. The molecule has 0 fully saturated rings. The Morgan fingerprint density at radius 3 is 2.60 bits per heavy atom. The molecule has 2 aromatic heterocycles. The van der Waals surface area contributed by atoms with Crippen LogP contribution in [0.2, 0.25) is 0 Å². The van der Waals surface area contributed by atoms with E-state index in [0.717, 1.165) is 11.1 Å². The van der Waals surface area contributed by atoms with Crippen LogP contribution in [0.25, 0.3) is 5.69 Å². The van der Waals surface area contributed by atoms with Crippen molar-refractivity contribution in [2.45, 2.75) is 19.2 Å². The minimum absolute atomic E-state index is 0.124. The zero-order valence-electron chi connectivity index (χ0n) is 16.6. The topological polar surface area (TPSA) is 102 Å². The fourth-order valence-electron chi connectivity index (χ4n) is 3.49. The SMILES string of the molecule is CO[C@@H](CO)CN(C=O)c1ccc(-n2cc3c(c2)CN(c2nnn(C)n2)C3)c(F)c1. The van der Waals surface area contributed by atoms with Gasteiger partial charge in [0.15, 0.2) is 0 Å². The molecule has 0 saturated heterocycles. The van der Waals surface area contributed by atoms with Crippen molar-refractivity contribution >= 4 is 18.0 Å². The van der Waals surface area contributed by atoms with Crippen LogP contribution in [-0.4, -0.2) is 62.7 Å². The highest BCUT2D eigenvalue weighted by atomic mass is 19.1. The summed E-state index contributed by atoms with van der Waals surface area (Å²) < 4.78 is 21.7. The number of benzene rings is 1. The van der Waals surface area contributed by atoms with Gasteiger partial charge in [-0.05, 0) is 34.5 Å². The quantitative estimate of drug-likeness (QED) is 0.539. The Hall–Kier alpha value is -3.31. The number of aliphatic hydroxyl groups is 1. The van der Waals surface area contributed by atoms with Gasteiger partial charge in [-0.15, -0.1) is 5.10 Å². The number of hydrogen-bond acceptors (Lipinski definition) is 7. The maximum Gasteiger partial charge on any atom is 0.266 e. The lowest BCUT2D eigenvalue weighted by Crippen LogP contribution is -2.34. The number of aryl methyl sites for hydroxylation is 1. The Bertz CT molecular complexity index is 1020. The van der Waals surface area contributed by atoms with E-state index in [4.69, 9.17) is 4.74 Å². The molecule has 1 atom stereocenters. The molecule has 1 aromatic carbocycles. The number of carbonyl (C=O) groups is 1. The number of ether oxygens (including phenoxy) is 1. The van der Waals surface area contributed by atoms with E-state index >= 15 is 0 Å². The van der Waals surface area contributed by atoms with E-state index in [1.807, 2.05) is 17.3 Å². The van der Waals surface area contributed by atoms with Gasteiger partial charge in [0.05, 0.1) is 32.0 Å². The number of tetrazole rings is 1. The van der Waals surface area contributed by atoms with Crippen LogP contribution in [0.4, 0.5) is 16.0 Å². The summed E-state index contributed by atoms with van der Waals surface area (Å²) in [6, 6.07) is 4.59. The van der Waals surface area contributed by atoms with E-state index < -0.39 is 11.9 Å². The average Bonchev–Trinajstić information content (AvgIpc) is 3.43. The molecule has 10 nitrogen and oxygen atoms in total. The lowest BCUT2D eigenvalue weighted by Gasteiger charge is -2.22. The van der Waals surface area contributed by atoms with E-state index in [1.54, 1.807) is 23.7 Å². The van der Waals surface area contributed by atoms with Crippen molar-refractivity contribution in [3.8, 4) is 5.69 Å². The number of rotatable bonds is 8. The van der Waals surface area contributed by atoms with Gasteiger partial charge in [-0.3, -0.25) is 4.79 Å². The highest BCUT2D eigenvalue weighted by Crippen LogP contribution is 2.29. The smallest absolute Gasteiger partial charge is 0.266 e. The number of nitrogens with zero attached hydrogens (tertiary/aromatic N) is 7. The first-order chi connectivity index (χ1) is 14.5. The van der Waals surface area contributed by atoms with Gasteiger partial charge < -0.3 is 24.2 Å². The number of amides is 1. The number of fused-ring (bicyclic) bond motifs is 1. The van der Waals surface area contributed by atoms with Gasteiger partial charge in [0.1, 0.15) is 5.82 Å². The Morgan fingerprint density at radius 1 is 1.33 bits per heavy atom. The Morgan fingerprint density at radius 2 is 2.07 bits per heavy atom. The number of aromatic nitrogens is 5. The van der Waals surface area contributed by atoms with Crippen LogP contribution in [0, 0.1) is 5.82 Å². The number of aliphatic hydroxyl groups excluding tert-OH is 1. The summed E-state index contributed by atoms with van der Waals surface area (Å²) in [6.07, 6.45) is 3.81. The molecule has 1 aliphatic rings. The molecular formula is C19H22FN7O3. The normalized spacial score (nSPS) is 14.1. The van der Waals surface area contributed by atoms with Gasteiger partial charge in [0.25, 0.3) is 5.95 Å². The van der Waals surface area contributed by atoms with Gasteiger partial charge >= 0.3 is 0 Å². The van der Waals surface area contributed by atoms with E-state index in [0.29, 0.717) is 36.8 Å². The van der Waals surface area contributed by atoms with Crippen molar-refractivity contribution in [3.63, 3.8) is 0 Å². The maximum atomic E-state index is 14.9. The van der Waals surface area contributed by atoms with Gasteiger partial charge in [0, 0.05) is 38.3 Å². The number of carbonyl (C=O) groups excluding carboxylic acids is 1. The van der Waals surface area contributed by atoms with Crippen molar-refractivity contribution < 1.29 is 19.0 Å². The predicted molar refractivity (Wildman–Crippen MR) is 106 cm³/mol. The van der Waals surface area contributed by atoms with Crippen LogP contribution in [0.3, 0.4) is 0 Å². The van der Waals surface area contributed by atoms with E-state index in [-0.39, 0.29) is 13.2 Å². The average molecular weight is 415 g/mol. The molecular weight excluding hydrogens is 393 g/mol. The second kappa shape index (κ2) is 8.20. The molecule has 0 unspecified atom stereocenters. The molecule has 3 heterocycles. The first-order valence-electron chi connectivity index (χ1n) is 9.36. The highest BCUT2D eigenvalue weighted by Gasteiger charge is 2.25. The third-order valence-electron chi connectivity index (χ3n) is 5.11. The summed E-state index contributed by atoms with van der Waals surface area (Å²) in [5.41, 5.74) is 2.90. The van der Waals surface area contributed by atoms with Gasteiger partial charge in [-0.2, -0.15) is 4.80 Å². The monoisotopic (exact) mass is 415 g/mol. The molecule has 1 amide bonds. The second-order valence-electron chi connectivity index (χ2n) is 7.08. The van der Waals surface area contributed by atoms with Gasteiger partial charge in [-0.1, -0.05) is 5.10 Å². The Labute approximate surface area is 172 Å². The minimum Gasteiger partial charge on any atom is -0.394 e. The van der Waals surface area contributed by atoms with Crippen molar-refractivity contribution in [1.82, 2.24) is 24.8 Å². The Kier molecular flexibility index (Phi) is 5.46. The molecule has 1 aliphatic heterocycles. The number of anilines is 2. The summed E-state index contributed by atoms with van der Waals surface area (Å²) in [6.45, 7) is 1.12. The third-order valence-corrected chi connectivity index (χ3v) is 5.11. The van der Waals surface area contributed by atoms with Crippen molar-refractivity contribution in [2.24, 2.45) is 7.05 Å². The summed E-state index contributed by atoms with van der Waals surface area (Å²) >= 11 is 0. The molecule has 158 valence electrons.